The summed E-state index contributed by atoms with van der Waals surface area (Å²) in [6, 6.07) is 9.73. The zero-order chi connectivity index (χ0) is 17.1. The summed E-state index contributed by atoms with van der Waals surface area (Å²) in [5, 5.41) is 14.0. The number of rotatable bonds is 4. The normalized spacial score (nSPS) is 12.8. The minimum atomic E-state index is -0.388. The molecule has 24 heavy (non-hydrogen) atoms. The number of phenolic OH excluding ortho intramolecular Hbond substituents is 1. The highest BCUT2D eigenvalue weighted by Gasteiger charge is 2.16. The number of phenols is 1. The predicted molar refractivity (Wildman–Crippen MR) is 86.9 cm³/mol. The van der Waals surface area contributed by atoms with Gasteiger partial charge in [-0.05, 0) is 37.3 Å². The maximum Gasteiger partial charge on any atom is 0.271 e. The summed E-state index contributed by atoms with van der Waals surface area (Å²) in [5.74, 6) is 1.30. The maximum absolute atomic E-state index is 12.2. The zero-order valence-corrected chi connectivity index (χ0v) is 13.2. The summed E-state index contributed by atoms with van der Waals surface area (Å²) in [6.45, 7) is 1.83. The Morgan fingerprint density at radius 1 is 1.21 bits per heavy atom. The van der Waals surface area contributed by atoms with E-state index in [4.69, 9.17) is 14.2 Å². The monoisotopic (exact) mass is 328 g/mol. The number of ether oxygens (including phenoxy) is 3. The molecule has 2 N–H and O–H groups in total. The Morgan fingerprint density at radius 3 is 2.75 bits per heavy atom. The molecule has 0 spiro atoms. The van der Waals surface area contributed by atoms with Crippen LogP contribution in [0.5, 0.6) is 23.0 Å². The second-order valence-electron chi connectivity index (χ2n) is 5.09. The Kier molecular flexibility index (Phi) is 4.24. The molecule has 0 aromatic heterocycles. The second kappa shape index (κ2) is 6.49. The van der Waals surface area contributed by atoms with Crippen LogP contribution in [0.3, 0.4) is 0 Å². The van der Waals surface area contributed by atoms with E-state index in [2.05, 4.69) is 10.5 Å². The first-order chi connectivity index (χ1) is 11.6. The quantitative estimate of drug-likeness (QED) is 0.664. The van der Waals surface area contributed by atoms with Gasteiger partial charge in [-0.15, -0.1) is 0 Å². The number of benzene rings is 2. The van der Waals surface area contributed by atoms with E-state index in [0.717, 1.165) is 0 Å². The molecule has 0 saturated heterocycles. The molecule has 124 valence electrons. The predicted octanol–water partition coefficient (Wildman–Crippen LogP) is 2.28. The van der Waals surface area contributed by atoms with Crippen molar-refractivity contribution in [3.8, 4) is 23.0 Å². The van der Waals surface area contributed by atoms with Crippen LogP contribution < -0.4 is 19.6 Å². The van der Waals surface area contributed by atoms with Gasteiger partial charge in [0.05, 0.1) is 12.8 Å². The number of hydrogen-bond acceptors (Lipinski definition) is 6. The Balaban J connectivity index is 1.73. The van der Waals surface area contributed by atoms with Gasteiger partial charge >= 0.3 is 0 Å². The third kappa shape index (κ3) is 3.10. The number of hydrogen-bond donors (Lipinski definition) is 2. The molecule has 1 aliphatic heterocycles. The SMILES string of the molecule is COc1ccc(C(C)=NNC(=O)c2ccc3c(c2)OCO3)c(O)c1. The van der Waals surface area contributed by atoms with Gasteiger partial charge in [0.25, 0.3) is 5.91 Å². The second-order valence-corrected chi connectivity index (χ2v) is 5.09. The number of fused-ring (bicyclic) bond motifs is 1. The fourth-order valence-corrected chi connectivity index (χ4v) is 2.24. The summed E-state index contributed by atoms with van der Waals surface area (Å²) in [6.07, 6.45) is 0. The summed E-state index contributed by atoms with van der Waals surface area (Å²) < 4.78 is 15.5. The van der Waals surface area contributed by atoms with Gasteiger partial charge in [0.1, 0.15) is 11.5 Å². The lowest BCUT2D eigenvalue weighted by Gasteiger charge is -2.07. The van der Waals surface area contributed by atoms with E-state index in [-0.39, 0.29) is 18.4 Å². The molecule has 0 unspecified atom stereocenters. The molecule has 7 heteroatoms. The smallest absolute Gasteiger partial charge is 0.271 e. The first kappa shape index (κ1) is 15.7. The van der Waals surface area contributed by atoms with Crippen LogP contribution in [-0.4, -0.2) is 30.6 Å². The number of amides is 1. The van der Waals surface area contributed by atoms with E-state index < -0.39 is 0 Å². The molecule has 1 aliphatic rings. The van der Waals surface area contributed by atoms with Crippen LogP contribution in [0.25, 0.3) is 0 Å². The number of carbonyl (C=O) groups is 1. The van der Waals surface area contributed by atoms with Crippen LogP contribution in [0.1, 0.15) is 22.8 Å². The Hall–Kier alpha value is -3.22. The van der Waals surface area contributed by atoms with Gasteiger partial charge in [0.2, 0.25) is 6.79 Å². The molecule has 2 aromatic rings. The molecule has 0 saturated carbocycles. The molecule has 0 atom stereocenters. The van der Waals surface area contributed by atoms with Gasteiger partial charge in [0, 0.05) is 17.2 Å². The van der Waals surface area contributed by atoms with E-state index in [0.29, 0.717) is 34.1 Å². The average molecular weight is 328 g/mol. The highest BCUT2D eigenvalue weighted by molar-refractivity contribution is 6.02. The standard InChI is InChI=1S/C17H16N2O5/c1-10(13-5-4-12(22-2)8-14(13)20)18-19-17(21)11-3-6-15-16(7-11)24-9-23-15/h3-8,20H,9H2,1-2H3,(H,19,21). The van der Waals surface area contributed by atoms with Gasteiger partial charge in [-0.2, -0.15) is 5.10 Å². The molecule has 1 heterocycles. The molecular formula is C17H16N2O5. The fraction of sp³-hybridized carbons (Fsp3) is 0.176. The number of carbonyl (C=O) groups excluding carboxylic acids is 1. The fourth-order valence-electron chi connectivity index (χ4n) is 2.24. The highest BCUT2D eigenvalue weighted by Crippen LogP contribution is 2.32. The number of aromatic hydroxyl groups is 1. The lowest BCUT2D eigenvalue weighted by Crippen LogP contribution is -2.19. The summed E-state index contributed by atoms with van der Waals surface area (Å²) >= 11 is 0. The molecule has 2 aromatic carbocycles. The molecular weight excluding hydrogens is 312 g/mol. The van der Waals surface area contributed by atoms with E-state index >= 15 is 0 Å². The molecule has 0 fully saturated rings. The maximum atomic E-state index is 12.2. The minimum absolute atomic E-state index is 0.0212. The van der Waals surface area contributed by atoms with Crippen molar-refractivity contribution in [2.75, 3.05) is 13.9 Å². The molecule has 1 amide bonds. The highest BCUT2D eigenvalue weighted by atomic mass is 16.7. The van der Waals surface area contributed by atoms with Crippen LogP contribution in [0.2, 0.25) is 0 Å². The third-order valence-electron chi connectivity index (χ3n) is 3.55. The van der Waals surface area contributed by atoms with Crippen molar-refractivity contribution in [1.82, 2.24) is 5.43 Å². The average Bonchev–Trinajstić information content (AvgIpc) is 3.06. The molecule has 7 nitrogen and oxygen atoms in total. The summed E-state index contributed by atoms with van der Waals surface area (Å²) in [7, 11) is 1.51. The van der Waals surface area contributed by atoms with E-state index in [1.54, 1.807) is 37.3 Å². The van der Waals surface area contributed by atoms with Gasteiger partial charge < -0.3 is 19.3 Å². The number of nitrogens with zero attached hydrogens (tertiary/aromatic N) is 1. The Morgan fingerprint density at radius 2 is 2.00 bits per heavy atom. The number of hydrazone groups is 1. The van der Waals surface area contributed by atoms with Gasteiger partial charge in [-0.1, -0.05) is 0 Å². The van der Waals surface area contributed by atoms with Crippen LogP contribution >= 0.6 is 0 Å². The Labute approximate surface area is 138 Å². The lowest BCUT2D eigenvalue weighted by atomic mass is 10.1. The molecule has 0 aliphatic carbocycles. The third-order valence-corrected chi connectivity index (χ3v) is 3.55. The Bertz CT molecular complexity index is 817. The van der Waals surface area contributed by atoms with Crippen LogP contribution in [0, 0.1) is 0 Å². The van der Waals surface area contributed by atoms with Crippen molar-refractivity contribution < 1.29 is 24.1 Å². The summed E-state index contributed by atoms with van der Waals surface area (Å²) in [4.78, 5) is 12.2. The van der Waals surface area contributed by atoms with Gasteiger partial charge in [-0.3, -0.25) is 4.79 Å². The lowest BCUT2D eigenvalue weighted by molar-refractivity contribution is 0.0954. The van der Waals surface area contributed by atoms with Crippen molar-refractivity contribution in [2.24, 2.45) is 5.10 Å². The molecule has 3 rings (SSSR count). The minimum Gasteiger partial charge on any atom is -0.507 e. The van der Waals surface area contributed by atoms with Crippen molar-refractivity contribution in [3.05, 3.63) is 47.5 Å². The van der Waals surface area contributed by atoms with Crippen LogP contribution in [-0.2, 0) is 0 Å². The van der Waals surface area contributed by atoms with Crippen molar-refractivity contribution in [2.45, 2.75) is 6.92 Å². The zero-order valence-electron chi connectivity index (χ0n) is 13.2. The van der Waals surface area contributed by atoms with E-state index in [9.17, 15) is 9.90 Å². The summed E-state index contributed by atoms with van der Waals surface area (Å²) in [5.41, 5.74) is 3.82. The van der Waals surface area contributed by atoms with Crippen molar-refractivity contribution in [3.63, 3.8) is 0 Å². The van der Waals surface area contributed by atoms with E-state index in [1.165, 1.54) is 13.2 Å². The van der Waals surface area contributed by atoms with Crippen molar-refractivity contribution >= 4 is 11.6 Å². The first-order valence-electron chi connectivity index (χ1n) is 7.20. The number of methoxy groups -OCH3 is 1. The molecule has 0 radical (unpaired) electrons. The van der Waals surface area contributed by atoms with Gasteiger partial charge in [0.15, 0.2) is 11.5 Å². The number of nitrogens with one attached hydrogen (secondary N) is 1. The van der Waals surface area contributed by atoms with Crippen LogP contribution in [0.15, 0.2) is 41.5 Å². The largest absolute Gasteiger partial charge is 0.507 e. The first-order valence-corrected chi connectivity index (χ1v) is 7.20. The van der Waals surface area contributed by atoms with Crippen molar-refractivity contribution in [1.29, 1.82) is 0 Å². The molecule has 0 bridgehead atoms. The van der Waals surface area contributed by atoms with E-state index in [1.807, 2.05) is 0 Å². The van der Waals surface area contributed by atoms with Crippen LogP contribution in [0.4, 0.5) is 0 Å². The topological polar surface area (TPSA) is 89.4 Å². The van der Waals surface area contributed by atoms with Gasteiger partial charge in [-0.25, -0.2) is 5.43 Å².